The van der Waals surface area contributed by atoms with Gasteiger partial charge in [0.2, 0.25) is 0 Å². The largest absolute Gasteiger partial charge is 0.508 e. The van der Waals surface area contributed by atoms with Crippen molar-refractivity contribution in [3.63, 3.8) is 0 Å². The van der Waals surface area contributed by atoms with Gasteiger partial charge < -0.3 is 30.3 Å². The Labute approximate surface area is 158 Å². The molecule has 2 aromatic carbocycles. The Morgan fingerprint density at radius 2 is 1.69 bits per heavy atom. The molecule has 0 saturated carbocycles. The molecule has 26 heavy (non-hydrogen) atoms. The average molecular weight is 383 g/mol. The van der Waals surface area contributed by atoms with Gasteiger partial charge >= 0.3 is 0 Å². The first-order valence-corrected chi connectivity index (χ1v) is 8.44. The first-order chi connectivity index (χ1) is 13.2. The van der Waals surface area contributed by atoms with Crippen molar-refractivity contribution in [3.8, 4) is 5.75 Å². The predicted octanol–water partition coefficient (Wildman–Crippen LogP) is 1.15. The summed E-state index contributed by atoms with van der Waals surface area (Å²) < 4.78 is 22.5. The highest BCUT2D eigenvalue weighted by atomic mass is 35.5. The van der Waals surface area contributed by atoms with E-state index in [1.54, 1.807) is 0 Å². The second-order valence-electron chi connectivity index (χ2n) is 6.16. The zero-order valence-corrected chi connectivity index (χ0v) is 14.4. The maximum atomic E-state index is 10.3. The van der Waals surface area contributed by atoms with Crippen LogP contribution in [0.5, 0.6) is 5.75 Å². The predicted molar refractivity (Wildman–Crippen MR) is 95.1 cm³/mol. The number of ether oxygens (including phenoxy) is 1. The number of phenols is 1. The van der Waals surface area contributed by atoms with Crippen LogP contribution in [-0.2, 0) is 11.1 Å². The van der Waals surface area contributed by atoms with Gasteiger partial charge in [0.25, 0.3) is 0 Å². The van der Waals surface area contributed by atoms with Crippen LogP contribution in [-0.4, -0.2) is 56.6 Å². The lowest BCUT2D eigenvalue weighted by Gasteiger charge is -2.40. The molecule has 5 atom stereocenters. The topological polar surface area (TPSA) is 110 Å². The van der Waals surface area contributed by atoms with Gasteiger partial charge in [-0.2, -0.15) is 0 Å². The standard InChI is InChI=1S/C19H21ClO6/c20-14-6-3-11(8-12(14)7-10-1-4-13(22)5-2-10)19-18(25)17(24)16(23)15(9-21)26-19/h1-6,8,15-19,21-25H,7,9H2/t15-,16-,17+,18-,19?/m1/s1/i7D2. The van der Waals surface area contributed by atoms with Crippen LogP contribution in [0.3, 0.4) is 0 Å². The van der Waals surface area contributed by atoms with E-state index in [-0.39, 0.29) is 21.9 Å². The van der Waals surface area contributed by atoms with E-state index in [0.29, 0.717) is 5.56 Å². The minimum Gasteiger partial charge on any atom is -0.508 e. The van der Waals surface area contributed by atoms with Crippen LogP contribution in [0, 0.1) is 0 Å². The van der Waals surface area contributed by atoms with Gasteiger partial charge in [-0.3, -0.25) is 0 Å². The van der Waals surface area contributed by atoms with Gasteiger partial charge in [-0.05, 0) is 41.3 Å². The van der Waals surface area contributed by atoms with E-state index in [4.69, 9.17) is 19.1 Å². The molecule has 5 N–H and O–H groups in total. The summed E-state index contributed by atoms with van der Waals surface area (Å²) in [5.41, 5.74) is 0.700. The van der Waals surface area contributed by atoms with Crippen LogP contribution in [0.15, 0.2) is 42.5 Å². The number of rotatable bonds is 4. The minimum atomic E-state index is -2.02. The van der Waals surface area contributed by atoms with Crippen LogP contribution in [0.1, 0.15) is 25.5 Å². The van der Waals surface area contributed by atoms with Gasteiger partial charge in [0.1, 0.15) is 36.3 Å². The van der Waals surface area contributed by atoms with Crippen LogP contribution in [0.25, 0.3) is 0 Å². The van der Waals surface area contributed by atoms with E-state index in [0.717, 1.165) is 0 Å². The molecule has 6 nitrogen and oxygen atoms in total. The SMILES string of the molecule is [2H]C([2H])(c1ccc(O)cc1)c1cc(C2O[C@H](CO)[C@@H](O)[C@H](O)[C@H]2O)ccc1Cl. The van der Waals surface area contributed by atoms with Gasteiger partial charge in [-0.25, -0.2) is 0 Å². The lowest BCUT2D eigenvalue weighted by Crippen LogP contribution is -2.55. The molecule has 2 aromatic rings. The summed E-state index contributed by atoms with van der Waals surface area (Å²) in [6.07, 6.45) is -8.69. The van der Waals surface area contributed by atoms with Crippen molar-refractivity contribution in [2.24, 2.45) is 0 Å². The third kappa shape index (κ3) is 3.86. The Balaban J connectivity index is 2.00. The maximum Gasteiger partial charge on any atom is 0.115 e. The Bertz CT molecular complexity index is 830. The quantitative estimate of drug-likeness (QED) is 0.542. The van der Waals surface area contributed by atoms with Crippen molar-refractivity contribution in [1.82, 2.24) is 0 Å². The zero-order valence-electron chi connectivity index (χ0n) is 15.7. The summed E-state index contributed by atoms with van der Waals surface area (Å²) in [5, 5.41) is 49.2. The second-order valence-corrected chi connectivity index (χ2v) is 6.57. The summed E-state index contributed by atoms with van der Waals surface area (Å²) in [6.45, 7) is -0.559. The number of halogens is 1. The molecule has 1 aliphatic heterocycles. The average Bonchev–Trinajstić information content (AvgIpc) is 2.67. The molecule has 1 saturated heterocycles. The fourth-order valence-corrected chi connectivity index (χ4v) is 3.06. The van der Waals surface area contributed by atoms with Crippen molar-refractivity contribution < 1.29 is 33.0 Å². The van der Waals surface area contributed by atoms with Crippen molar-refractivity contribution in [1.29, 1.82) is 0 Å². The van der Waals surface area contributed by atoms with Crippen molar-refractivity contribution in [2.45, 2.75) is 36.9 Å². The Morgan fingerprint density at radius 1 is 1.00 bits per heavy atom. The monoisotopic (exact) mass is 382 g/mol. The summed E-state index contributed by atoms with van der Waals surface area (Å²) in [4.78, 5) is 0. The first-order valence-electron chi connectivity index (χ1n) is 9.06. The molecule has 3 rings (SSSR count). The highest BCUT2D eigenvalue weighted by molar-refractivity contribution is 6.31. The van der Waals surface area contributed by atoms with E-state index in [2.05, 4.69) is 0 Å². The fourth-order valence-electron chi connectivity index (χ4n) is 2.89. The van der Waals surface area contributed by atoms with Gasteiger partial charge in [-0.1, -0.05) is 35.9 Å². The van der Waals surface area contributed by atoms with E-state index < -0.39 is 43.5 Å². The second kappa shape index (κ2) is 7.92. The molecular formula is C19H21ClO6. The van der Waals surface area contributed by atoms with Gasteiger partial charge in [-0.15, -0.1) is 0 Å². The molecule has 140 valence electrons. The molecule has 0 radical (unpaired) electrons. The van der Waals surface area contributed by atoms with Crippen LogP contribution >= 0.6 is 11.6 Å². The van der Waals surface area contributed by atoms with E-state index in [1.165, 1.54) is 42.5 Å². The smallest absolute Gasteiger partial charge is 0.115 e. The van der Waals surface area contributed by atoms with Crippen LogP contribution in [0.4, 0.5) is 0 Å². The van der Waals surface area contributed by atoms with Crippen LogP contribution < -0.4 is 0 Å². The molecule has 0 aromatic heterocycles. The molecule has 1 fully saturated rings. The van der Waals surface area contributed by atoms with Crippen molar-refractivity contribution >= 4 is 11.6 Å². The molecule has 7 heteroatoms. The lowest BCUT2D eigenvalue weighted by molar-refractivity contribution is -0.231. The summed E-state index contributed by atoms with van der Waals surface area (Å²) in [6, 6.07) is 9.99. The third-order valence-electron chi connectivity index (χ3n) is 4.36. The number of hydrogen-bond donors (Lipinski definition) is 5. The minimum absolute atomic E-state index is 0.000663. The number of hydrogen-bond acceptors (Lipinski definition) is 6. The van der Waals surface area contributed by atoms with Crippen molar-refractivity contribution in [2.75, 3.05) is 6.61 Å². The molecular weight excluding hydrogens is 360 g/mol. The Hall–Kier alpha value is -1.67. The fraction of sp³-hybridized carbons (Fsp3) is 0.368. The van der Waals surface area contributed by atoms with Crippen molar-refractivity contribution in [3.05, 3.63) is 64.2 Å². The molecule has 0 aliphatic carbocycles. The van der Waals surface area contributed by atoms with E-state index in [9.17, 15) is 25.5 Å². The lowest BCUT2D eigenvalue weighted by atomic mass is 9.90. The summed E-state index contributed by atoms with van der Waals surface area (Å²) in [7, 11) is 0. The Kier molecular flexibility index (Phi) is 5.02. The number of aliphatic hydroxyl groups is 4. The van der Waals surface area contributed by atoms with Crippen LogP contribution in [0.2, 0.25) is 5.02 Å². The zero-order chi connectivity index (χ0) is 20.6. The number of benzene rings is 2. The Morgan fingerprint density at radius 3 is 2.35 bits per heavy atom. The highest BCUT2D eigenvalue weighted by Gasteiger charge is 2.43. The van der Waals surface area contributed by atoms with E-state index in [1.807, 2.05) is 0 Å². The molecule has 0 bridgehead atoms. The molecule has 0 spiro atoms. The van der Waals surface area contributed by atoms with Gasteiger partial charge in [0, 0.05) is 7.76 Å². The molecule has 1 unspecified atom stereocenters. The molecule has 1 heterocycles. The number of aromatic hydroxyl groups is 1. The normalized spacial score (nSPS) is 30.6. The van der Waals surface area contributed by atoms with E-state index >= 15 is 0 Å². The molecule has 1 aliphatic rings. The van der Waals surface area contributed by atoms with Gasteiger partial charge in [0.15, 0.2) is 0 Å². The number of aliphatic hydroxyl groups excluding tert-OH is 4. The summed E-state index contributed by atoms with van der Waals surface area (Å²) >= 11 is 6.22. The molecule has 0 amide bonds. The highest BCUT2D eigenvalue weighted by Crippen LogP contribution is 2.34. The third-order valence-corrected chi connectivity index (χ3v) is 4.69. The first kappa shape index (κ1) is 16.5. The maximum absolute atomic E-state index is 10.3. The summed E-state index contributed by atoms with van der Waals surface area (Å²) in [5.74, 6) is 0.000663. The van der Waals surface area contributed by atoms with Gasteiger partial charge in [0.05, 0.1) is 6.61 Å². The number of phenolic OH excluding ortho intramolecular Hbond substituents is 1.